The van der Waals surface area contributed by atoms with E-state index >= 15 is 0 Å². The zero-order valence-corrected chi connectivity index (χ0v) is 13.4. The molecule has 0 aromatic heterocycles. The summed E-state index contributed by atoms with van der Waals surface area (Å²) in [6.07, 6.45) is 6.85. The number of rotatable bonds is 1. The molecule has 1 N–H and O–H groups in total. The highest BCUT2D eigenvalue weighted by molar-refractivity contribution is 6.31. The molecule has 3 saturated heterocycles. The third kappa shape index (κ3) is 2.23. The van der Waals surface area contributed by atoms with Gasteiger partial charge in [-0.15, -0.1) is 0 Å². The van der Waals surface area contributed by atoms with Crippen LogP contribution in [0.4, 0.5) is 0 Å². The molecular weight excluding hydrogens is 280 g/mol. The van der Waals surface area contributed by atoms with Crippen LogP contribution in [0.2, 0.25) is 5.02 Å². The normalized spacial score (nSPS) is 36.8. The smallest absolute Gasteiger partial charge is 0.0441 e. The van der Waals surface area contributed by atoms with Gasteiger partial charge in [0.25, 0.3) is 0 Å². The predicted molar refractivity (Wildman–Crippen MR) is 87.9 cm³/mol. The molecule has 1 aromatic carbocycles. The Morgan fingerprint density at radius 1 is 1.14 bits per heavy atom. The van der Waals surface area contributed by atoms with E-state index in [4.69, 9.17) is 11.6 Å². The van der Waals surface area contributed by atoms with Crippen molar-refractivity contribution in [3.8, 4) is 0 Å². The molecule has 3 unspecified atom stereocenters. The number of piperidine rings is 2. The second-order valence-corrected chi connectivity index (χ2v) is 7.47. The van der Waals surface area contributed by atoms with Crippen molar-refractivity contribution in [2.75, 3.05) is 26.2 Å². The average molecular weight is 305 g/mol. The van der Waals surface area contributed by atoms with Gasteiger partial charge in [-0.25, -0.2) is 0 Å². The maximum absolute atomic E-state index is 6.55. The summed E-state index contributed by atoms with van der Waals surface area (Å²) in [6, 6.07) is 9.31. The molecule has 3 atom stereocenters. The Morgan fingerprint density at radius 3 is 2.95 bits per heavy atom. The van der Waals surface area contributed by atoms with Gasteiger partial charge in [-0.1, -0.05) is 36.2 Å². The SMILES string of the molecule is Clc1ccccc1C1CNCCC12CCN1CCCCC12. The first-order chi connectivity index (χ1) is 10.3. The Bertz CT molecular complexity index is 518. The summed E-state index contributed by atoms with van der Waals surface area (Å²) in [5.41, 5.74) is 1.83. The van der Waals surface area contributed by atoms with Crippen LogP contribution in [0.25, 0.3) is 0 Å². The van der Waals surface area contributed by atoms with Crippen molar-refractivity contribution in [2.45, 2.75) is 44.1 Å². The second-order valence-electron chi connectivity index (χ2n) is 7.06. The first kappa shape index (κ1) is 14.0. The van der Waals surface area contributed by atoms with Crippen LogP contribution >= 0.6 is 11.6 Å². The lowest BCUT2D eigenvalue weighted by Gasteiger charge is -2.49. The quantitative estimate of drug-likeness (QED) is 0.852. The van der Waals surface area contributed by atoms with Gasteiger partial charge >= 0.3 is 0 Å². The molecule has 0 aliphatic carbocycles. The number of fused-ring (bicyclic) bond motifs is 2. The number of hydrogen-bond acceptors (Lipinski definition) is 2. The van der Waals surface area contributed by atoms with Crippen molar-refractivity contribution in [3.63, 3.8) is 0 Å². The molecule has 0 bridgehead atoms. The van der Waals surface area contributed by atoms with Gasteiger partial charge in [0.15, 0.2) is 0 Å². The molecular formula is C18H25ClN2. The topological polar surface area (TPSA) is 15.3 Å². The van der Waals surface area contributed by atoms with Crippen LogP contribution in [-0.4, -0.2) is 37.1 Å². The van der Waals surface area contributed by atoms with Crippen LogP contribution in [0.1, 0.15) is 43.6 Å². The van der Waals surface area contributed by atoms with Gasteiger partial charge in [0, 0.05) is 23.5 Å². The van der Waals surface area contributed by atoms with E-state index in [1.807, 2.05) is 0 Å². The molecule has 0 saturated carbocycles. The van der Waals surface area contributed by atoms with E-state index in [-0.39, 0.29) is 0 Å². The zero-order chi connectivity index (χ0) is 14.3. The highest BCUT2D eigenvalue weighted by Crippen LogP contribution is 2.54. The maximum Gasteiger partial charge on any atom is 0.0441 e. The second kappa shape index (κ2) is 5.57. The lowest BCUT2D eigenvalue weighted by Crippen LogP contribution is -2.52. The molecule has 3 fully saturated rings. The Balaban J connectivity index is 1.73. The fourth-order valence-corrected chi connectivity index (χ4v) is 5.52. The van der Waals surface area contributed by atoms with Crippen LogP contribution in [0.15, 0.2) is 24.3 Å². The maximum atomic E-state index is 6.55. The number of halogens is 1. The van der Waals surface area contributed by atoms with Crippen LogP contribution in [0.5, 0.6) is 0 Å². The summed E-state index contributed by atoms with van der Waals surface area (Å²) in [4.78, 5) is 2.78. The highest BCUT2D eigenvalue weighted by atomic mass is 35.5. The van der Waals surface area contributed by atoms with Crippen molar-refractivity contribution in [1.82, 2.24) is 10.2 Å². The van der Waals surface area contributed by atoms with Crippen molar-refractivity contribution in [1.29, 1.82) is 0 Å². The van der Waals surface area contributed by atoms with Gasteiger partial charge < -0.3 is 5.32 Å². The molecule has 0 amide bonds. The van der Waals surface area contributed by atoms with Gasteiger partial charge in [0.05, 0.1) is 0 Å². The molecule has 3 heteroatoms. The van der Waals surface area contributed by atoms with E-state index in [0.717, 1.165) is 17.6 Å². The number of nitrogens with one attached hydrogen (secondary N) is 1. The predicted octanol–water partition coefficient (Wildman–Crippen LogP) is 3.66. The fraction of sp³-hybridized carbons (Fsp3) is 0.667. The minimum Gasteiger partial charge on any atom is -0.316 e. The average Bonchev–Trinajstić information content (AvgIpc) is 2.89. The molecule has 21 heavy (non-hydrogen) atoms. The van der Waals surface area contributed by atoms with Crippen molar-refractivity contribution in [2.24, 2.45) is 5.41 Å². The first-order valence-corrected chi connectivity index (χ1v) is 8.88. The summed E-state index contributed by atoms with van der Waals surface area (Å²) < 4.78 is 0. The van der Waals surface area contributed by atoms with Gasteiger partial charge in [0.1, 0.15) is 0 Å². The molecule has 3 aliphatic heterocycles. The van der Waals surface area contributed by atoms with E-state index in [0.29, 0.717) is 11.3 Å². The Morgan fingerprint density at radius 2 is 2.05 bits per heavy atom. The Kier molecular flexibility index (Phi) is 3.72. The molecule has 0 radical (unpaired) electrons. The number of benzene rings is 1. The molecule has 2 nitrogen and oxygen atoms in total. The lowest BCUT2D eigenvalue weighted by atomic mass is 9.62. The van der Waals surface area contributed by atoms with Gasteiger partial charge in [-0.05, 0) is 62.4 Å². The summed E-state index contributed by atoms with van der Waals surface area (Å²) in [5.74, 6) is 0.577. The van der Waals surface area contributed by atoms with Crippen LogP contribution in [-0.2, 0) is 0 Å². The van der Waals surface area contributed by atoms with Crippen LogP contribution < -0.4 is 5.32 Å². The van der Waals surface area contributed by atoms with Crippen molar-refractivity contribution in [3.05, 3.63) is 34.9 Å². The van der Waals surface area contributed by atoms with E-state index in [9.17, 15) is 0 Å². The zero-order valence-electron chi connectivity index (χ0n) is 12.7. The molecule has 3 heterocycles. The highest BCUT2D eigenvalue weighted by Gasteiger charge is 2.53. The summed E-state index contributed by atoms with van der Waals surface area (Å²) in [5, 5.41) is 4.59. The van der Waals surface area contributed by atoms with Crippen molar-refractivity contribution >= 4 is 11.6 Å². The summed E-state index contributed by atoms with van der Waals surface area (Å²) in [6.45, 7) is 4.88. The summed E-state index contributed by atoms with van der Waals surface area (Å²) in [7, 11) is 0. The Labute approximate surface area is 132 Å². The first-order valence-electron chi connectivity index (χ1n) is 8.50. The monoisotopic (exact) mass is 304 g/mol. The summed E-state index contributed by atoms with van der Waals surface area (Å²) >= 11 is 6.55. The number of hydrogen-bond donors (Lipinski definition) is 1. The third-order valence-corrected chi connectivity index (χ3v) is 6.58. The Hall–Kier alpha value is -0.570. The van der Waals surface area contributed by atoms with Crippen molar-refractivity contribution < 1.29 is 0 Å². The molecule has 4 rings (SSSR count). The minimum atomic E-state index is 0.455. The van der Waals surface area contributed by atoms with E-state index in [1.54, 1.807) is 0 Å². The molecule has 3 aliphatic rings. The number of nitrogens with zero attached hydrogens (tertiary/aromatic N) is 1. The van der Waals surface area contributed by atoms with E-state index < -0.39 is 0 Å². The molecule has 1 aromatic rings. The minimum absolute atomic E-state index is 0.455. The van der Waals surface area contributed by atoms with Gasteiger partial charge in [0.2, 0.25) is 0 Å². The third-order valence-electron chi connectivity index (χ3n) is 6.23. The van der Waals surface area contributed by atoms with Crippen LogP contribution in [0.3, 0.4) is 0 Å². The van der Waals surface area contributed by atoms with Gasteiger partial charge in [-0.2, -0.15) is 0 Å². The van der Waals surface area contributed by atoms with Crippen LogP contribution in [0, 0.1) is 5.41 Å². The lowest BCUT2D eigenvalue weighted by molar-refractivity contribution is 0.0664. The molecule has 1 spiro atoms. The standard InChI is InChI=1S/C18H25ClN2/c19-16-6-2-1-5-14(16)15-13-20-10-8-18(15)9-12-21-11-4-3-7-17(18)21/h1-2,5-6,15,17,20H,3-4,7-13H2. The van der Waals surface area contributed by atoms with Gasteiger partial charge in [-0.3, -0.25) is 4.90 Å². The largest absolute Gasteiger partial charge is 0.316 e. The molecule has 114 valence electrons. The van der Waals surface area contributed by atoms with E-state index in [1.165, 1.54) is 57.3 Å². The fourth-order valence-electron chi connectivity index (χ4n) is 5.25. The van der Waals surface area contributed by atoms with E-state index in [2.05, 4.69) is 34.5 Å².